The number of hydrogen-bond acceptors (Lipinski definition) is 6. The summed E-state index contributed by atoms with van der Waals surface area (Å²) >= 11 is 1.39. The summed E-state index contributed by atoms with van der Waals surface area (Å²) in [5, 5.41) is 12.6. The van der Waals surface area contributed by atoms with Crippen LogP contribution in [0.15, 0.2) is 29.4 Å². The number of amides is 1. The second-order valence-corrected chi connectivity index (χ2v) is 8.12. The second kappa shape index (κ2) is 8.29. The summed E-state index contributed by atoms with van der Waals surface area (Å²) in [7, 11) is 1.62. The summed E-state index contributed by atoms with van der Waals surface area (Å²) in [5.74, 6) is 1.95. The zero-order valence-corrected chi connectivity index (χ0v) is 16.4. The van der Waals surface area contributed by atoms with Crippen LogP contribution in [0, 0.1) is 5.92 Å². The normalized spacial score (nSPS) is 22.3. The molecule has 0 radical (unpaired) electrons. The standard InChI is InChI=1S/C19H25N5O2S/c1-26-17-11-5-4-10-16(17)24-19(20-21-22-24)27-13-18(25)23-12-6-8-14-7-2-3-9-15(14)23/h4-5,10-11,14-15H,2-3,6-9,12-13H2,1H3. The van der Waals surface area contributed by atoms with E-state index >= 15 is 0 Å². The van der Waals surface area contributed by atoms with Gasteiger partial charge >= 0.3 is 0 Å². The molecule has 0 N–H and O–H groups in total. The van der Waals surface area contributed by atoms with Gasteiger partial charge in [-0.2, -0.15) is 4.68 Å². The van der Waals surface area contributed by atoms with Crippen LogP contribution in [0.4, 0.5) is 0 Å². The van der Waals surface area contributed by atoms with Crippen LogP contribution in [0.25, 0.3) is 5.69 Å². The highest BCUT2D eigenvalue weighted by atomic mass is 32.2. The van der Waals surface area contributed by atoms with Crippen LogP contribution in [0.2, 0.25) is 0 Å². The third-order valence-electron chi connectivity index (χ3n) is 5.64. The predicted octanol–water partition coefficient (Wildman–Crippen LogP) is 2.94. The molecule has 27 heavy (non-hydrogen) atoms. The predicted molar refractivity (Wildman–Crippen MR) is 103 cm³/mol. The number of fused-ring (bicyclic) bond motifs is 1. The van der Waals surface area contributed by atoms with Gasteiger partial charge in [0.1, 0.15) is 11.4 Å². The number of likely N-dealkylation sites (tertiary alicyclic amines) is 1. The van der Waals surface area contributed by atoms with Crippen LogP contribution in [0.3, 0.4) is 0 Å². The molecule has 1 saturated heterocycles. The van der Waals surface area contributed by atoms with Crippen LogP contribution in [-0.2, 0) is 4.79 Å². The van der Waals surface area contributed by atoms with Crippen LogP contribution in [-0.4, -0.2) is 56.5 Å². The number of tetrazole rings is 1. The van der Waals surface area contributed by atoms with Crippen molar-refractivity contribution in [3.63, 3.8) is 0 Å². The fourth-order valence-electron chi connectivity index (χ4n) is 4.37. The number of thioether (sulfide) groups is 1. The van der Waals surface area contributed by atoms with Gasteiger partial charge in [0.2, 0.25) is 11.1 Å². The van der Waals surface area contributed by atoms with Gasteiger partial charge in [-0.1, -0.05) is 36.7 Å². The third-order valence-corrected chi connectivity index (χ3v) is 6.55. The maximum absolute atomic E-state index is 12.9. The van der Waals surface area contributed by atoms with E-state index in [2.05, 4.69) is 20.4 Å². The van der Waals surface area contributed by atoms with E-state index in [0.29, 0.717) is 28.6 Å². The summed E-state index contributed by atoms with van der Waals surface area (Å²) in [6.45, 7) is 0.887. The fourth-order valence-corrected chi connectivity index (χ4v) is 5.14. The first-order valence-corrected chi connectivity index (χ1v) is 10.6. The van der Waals surface area contributed by atoms with Crippen LogP contribution < -0.4 is 4.74 Å². The molecular formula is C19H25N5O2S. The van der Waals surface area contributed by atoms with Crippen LogP contribution in [0.5, 0.6) is 5.75 Å². The van der Waals surface area contributed by atoms with Crippen molar-refractivity contribution in [3.05, 3.63) is 24.3 Å². The molecule has 2 aliphatic rings. The average Bonchev–Trinajstić information content (AvgIpc) is 3.20. The molecule has 1 aliphatic carbocycles. The van der Waals surface area contributed by atoms with E-state index in [-0.39, 0.29) is 5.91 Å². The minimum atomic E-state index is 0.200. The first kappa shape index (κ1) is 18.3. The molecule has 0 spiro atoms. The van der Waals surface area contributed by atoms with Gasteiger partial charge in [0.05, 0.1) is 12.9 Å². The lowest BCUT2D eigenvalue weighted by Gasteiger charge is -2.44. The zero-order valence-electron chi connectivity index (χ0n) is 15.6. The number of carbonyl (C=O) groups is 1. The summed E-state index contributed by atoms with van der Waals surface area (Å²) in [6.07, 6.45) is 7.37. The highest BCUT2D eigenvalue weighted by molar-refractivity contribution is 7.99. The van der Waals surface area contributed by atoms with Crippen LogP contribution >= 0.6 is 11.8 Å². The van der Waals surface area contributed by atoms with Crippen molar-refractivity contribution >= 4 is 17.7 Å². The molecule has 1 aromatic heterocycles. The Balaban J connectivity index is 1.45. The Hall–Kier alpha value is -2.09. The number of hydrogen-bond donors (Lipinski definition) is 0. The van der Waals surface area contributed by atoms with Gasteiger partial charge in [-0.3, -0.25) is 4.79 Å². The maximum atomic E-state index is 12.9. The van der Waals surface area contributed by atoms with Gasteiger partial charge in [0, 0.05) is 12.6 Å². The summed E-state index contributed by atoms with van der Waals surface area (Å²) < 4.78 is 7.04. The Labute approximate surface area is 163 Å². The third kappa shape index (κ3) is 3.81. The molecule has 0 bridgehead atoms. The van der Waals surface area contributed by atoms with Crippen molar-refractivity contribution < 1.29 is 9.53 Å². The minimum absolute atomic E-state index is 0.200. The van der Waals surface area contributed by atoms with Crippen molar-refractivity contribution in [1.82, 2.24) is 25.1 Å². The van der Waals surface area contributed by atoms with Crippen molar-refractivity contribution in [2.75, 3.05) is 19.4 Å². The highest BCUT2D eigenvalue weighted by Crippen LogP contribution is 2.35. The van der Waals surface area contributed by atoms with Gasteiger partial charge in [-0.05, 0) is 54.2 Å². The van der Waals surface area contributed by atoms with Gasteiger partial charge < -0.3 is 9.64 Å². The molecule has 1 amide bonds. The van der Waals surface area contributed by atoms with E-state index in [1.54, 1.807) is 11.8 Å². The summed E-state index contributed by atoms with van der Waals surface area (Å²) in [6, 6.07) is 8.02. The smallest absolute Gasteiger partial charge is 0.233 e. The monoisotopic (exact) mass is 387 g/mol. The Morgan fingerprint density at radius 1 is 1.22 bits per heavy atom. The Kier molecular flexibility index (Phi) is 5.61. The van der Waals surface area contributed by atoms with Crippen molar-refractivity contribution in [2.24, 2.45) is 5.92 Å². The largest absolute Gasteiger partial charge is 0.494 e. The molecule has 8 heteroatoms. The molecule has 2 aromatic rings. The van der Waals surface area contributed by atoms with Crippen molar-refractivity contribution in [2.45, 2.75) is 49.7 Å². The van der Waals surface area contributed by atoms with E-state index in [1.807, 2.05) is 24.3 Å². The van der Waals surface area contributed by atoms with E-state index in [1.165, 1.54) is 37.4 Å². The first-order valence-electron chi connectivity index (χ1n) is 9.62. The van der Waals surface area contributed by atoms with E-state index in [9.17, 15) is 4.79 Å². The maximum Gasteiger partial charge on any atom is 0.233 e. The second-order valence-electron chi connectivity index (χ2n) is 7.18. The minimum Gasteiger partial charge on any atom is -0.494 e. The molecule has 2 heterocycles. The Morgan fingerprint density at radius 3 is 2.93 bits per heavy atom. The number of piperidine rings is 1. The molecule has 1 saturated carbocycles. The number of nitrogens with zero attached hydrogens (tertiary/aromatic N) is 5. The van der Waals surface area contributed by atoms with E-state index < -0.39 is 0 Å². The number of para-hydroxylation sites is 2. The lowest BCUT2D eigenvalue weighted by atomic mass is 9.78. The molecule has 2 unspecified atom stereocenters. The van der Waals surface area contributed by atoms with E-state index in [0.717, 1.165) is 25.1 Å². The van der Waals surface area contributed by atoms with Crippen LogP contribution in [0.1, 0.15) is 38.5 Å². The van der Waals surface area contributed by atoms with Gasteiger partial charge in [0.25, 0.3) is 0 Å². The van der Waals surface area contributed by atoms with Gasteiger partial charge in [0.15, 0.2) is 0 Å². The molecule has 1 aliphatic heterocycles. The van der Waals surface area contributed by atoms with Gasteiger partial charge in [-0.25, -0.2) is 0 Å². The fraction of sp³-hybridized carbons (Fsp3) is 0.579. The number of methoxy groups -OCH3 is 1. The van der Waals surface area contributed by atoms with Crippen molar-refractivity contribution in [3.8, 4) is 11.4 Å². The van der Waals surface area contributed by atoms with Crippen molar-refractivity contribution in [1.29, 1.82) is 0 Å². The number of aromatic nitrogens is 4. The molecule has 2 atom stereocenters. The number of carbonyl (C=O) groups excluding carboxylic acids is 1. The molecule has 4 rings (SSSR count). The Bertz CT molecular complexity index is 794. The molecule has 144 valence electrons. The van der Waals surface area contributed by atoms with E-state index in [4.69, 9.17) is 4.74 Å². The summed E-state index contributed by atoms with van der Waals surface area (Å²) in [4.78, 5) is 15.0. The number of benzene rings is 1. The lowest BCUT2D eigenvalue weighted by Crippen LogP contribution is -2.50. The topological polar surface area (TPSA) is 73.1 Å². The SMILES string of the molecule is COc1ccccc1-n1nnnc1SCC(=O)N1CCCC2CCCCC21. The number of ether oxygens (including phenoxy) is 1. The zero-order chi connectivity index (χ0) is 18.6. The summed E-state index contributed by atoms with van der Waals surface area (Å²) in [5.41, 5.74) is 0.769. The lowest BCUT2D eigenvalue weighted by molar-refractivity contribution is -0.134. The number of rotatable bonds is 5. The first-order chi connectivity index (χ1) is 13.3. The molecular weight excluding hydrogens is 362 g/mol. The Morgan fingerprint density at radius 2 is 2.04 bits per heavy atom. The molecule has 1 aromatic carbocycles. The average molecular weight is 388 g/mol. The molecule has 7 nitrogen and oxygen atoms in total. The molecule has 2 fully saturated rings. The van der Waals surface area contributed by atoms with Gasteiger partial charge in [-0.15, -0.1) is 5.10 Å². The quantitative estimate of drug-likeness (QED) is 0.735. The highest BCUT2D eigenvalue weighted by Gasteiger charge is 2.35.